The fourth-order valence-electron chi connectivity index (χ4n) is 2.66. The van der Waals surface area contributed by atoms with E-state index >= 15 is 0 Å². The molecule has 3 aromatic rings. The summed E-state index contributed by atoms with van der Waals surface area (Å²) in [5, 5.41) is 9.91. The Bertz CT molecular complexity index is 973. The van der Waals surface area contributed by atoms with Gasteiger partial charge in [0.2, 0.25) is 0 Å². The molecule has 0 aliphatic rings. The monoisotopic (exact) mass is 417 g/mol. The van der Waals surface area contributed by atoms with Crippen LogP contribution in [0.3, 0.4) is 0 Å². The van der Waals surface area contributed by atoms with Crippen molar-refractivity contribution in [1.29, 1.82) is 0 Å². The third-order valence-corrected chi connectivity index (χ3v) is 5.80. The van der Waals surface area contributed by atoms with Crippen LogP contribution in [-0.4, -0.2) is 20.5 Å². The van der Waals surface area contributed by atoms with Crippen molar-refractivity contribution < 1.29 is 4.79 Å². The van der Waals surface area contributed by atoms with E-state index in [0.717, 1.165) is 11.1 Å². The molecular weight excluding hydrogens is 401 g/mol. The number of ketones is 1. The van der Waals surface area contributed by atoms with Crippen molar-refractivity contribution in [2.75, 3.05) is 0 Å². The molecule has 0 aliphatic carbocycles. The zero-order valence-corrected chi connectivity index (χ0v) is 16.9. The lowest BCUT2D eigenvalue weighted by Gasteiger charge is -2.14. The van der Waals surface area contributed by atoms with Crippen molar-refractivity contribution in [2.45, 2.75) is 23.9 Å². The van der Waals surface area contributed by atoms with E-state index in [1.54, 1.807) is 25.1 Å². The average Bonchev–Trinajstić information content (AvgIpc) is 3.03. The summed E-state index contributed by atoms with van der Waals surface area (Å²) < 4.78 is 1.89. The molecule has 1 heterocycles. The molecule has 7 heteroatoms. The quantitative estimate of drug-likeness (QED) is 0.356. The molecule has 138 valence electrons. The van der Waals surface area contributed by atoms with Crippen LogP contribution in [0.25, 0.3) is 11.4 Å². The first kappa shape index (κ1) is 19.7. The lowest BCUT2D eigenvalue weighted by Crippen LogP contribution is -2.08. The normalized spacial score (nSPS) is 12.0. The number of rotatable bonds is 7. The minimum atomic E-state index is -0.368. The Labute approximate surface area is 172 Å². The number of thioether (sulfide) groups is 1. The number of allylic oxidation sites excluding steroid dienone is 1. The van der Waals surface area contributed by atoms with Gasteiger partial charge in [-0.3, -0.25) is 9.36 Å². The molecular formula is C20H17Cl2N3OS. The maximum Gasteiger partial charge on any atom is 0.192 e. The molecule has 0 radical (unpaired) electrons. The van der Waals surface area contributed by atoms with Crippen LogP contribution in [0.4, 0.5) is 0 Å². The number of aromatic nitrogens is 3. The van der Waals surface area contributed by atoms with E-state index in [0.29, 0.717) is 27.6 Å². The predicted octanol–water partition coefficient (Wildman–Crippen LogP) is 5.86. The smallest absolute Gasteiger partial charge is 0.192 e. The molecule has 0 unspecified atom stereocenters. The molecule has 2 aromatic carbocycles. The number of carbonyl (C=O) groups is 1. The molecule has 0 spiro atoms. The van der Waals surface area contributed by atoms with Gasteiger partial charge in [0.05, 0.1) is 10.3 Å². The number of nitrogens with zero attached hydrogens (tertiary/aromatic N) is 3. The average molecular weight is 418 g/mol. The second-order valence-corrected chi connectivity index (χ2v) is 7.76. The van der Waals surface area contributed by atoms with E-state index < -0.39 is 0 Å². The largest absolute Gasteiger partial charge is 0.298 e. The molecule has 0 fully saturated rings. The van der Waals surface area contributed by atoms with Gasteiger partial charge in [0.25, 0.3) is 0 Å². The van der Waals surface area contributed by atoms with Gasteiger partial charge in [0.1, 0.15) is 5.78 Å². The van der Waals surface area contributed by atoms with Gasteiger partial charge in [-0.25, -0.2) is 0 Å². The molecule has 4 nitrogen and oxygen atoms in total. The topological polar surface area (TPSA) is 47.8 Å². The highest BCUT2D eigenvalue weighted by Gasteiger charge is 2.23. The van der Waals surface area contributed by atoms with Crippen LogP contribution < -0.4 is 0 Å². The highest BCUT2D eigenvalue weighted by atomic mass is 35.5. The Balaban J connectivity index is 2.02. The highest BCUT2D eigenvalue weighted by Crippen LogP contribution is 2.37. The molecule has 0 bridgehead atoms. The second-order valence-electron chi connectivity index (χ2n) is 5.85. The predicted molar refractivity (Wildman–Crippen MR) is 111 cm³/mol. The molecule has 0 N–H and O–H groups in total. The first-order valence-electron chi connectivity index (χ1n) is 8.23. The molecule has 3 rings (SSSR count). The summed E-state index contributed by atoms with van der Waals surface area (Å²) in [6.07, 6.45) is 1.76. The Morgan fingerprint density at radius 3 is 2.59 bits per heavy atom. The van der Waals surface area contributed by atoms with Crippen LogP contribution in [-0.2, 0) is 11.3 Å². The minimum absolute atomic E-state index is 0.0467. The lowest BCUT2D eigenvalue weighted by atomic mass is 10.1. The van der Waals surface area contributed by atoms with Crippen molar-refractivity contribution in [3.8, 4) is 11.4 Å². The number of hydrogen-bond acceptors (Lipinski definition) is 4. The maximum absolute atomic E-state index is 12.3. The van der Waals surface area contributed by atoms with Gasteiger partial charge >= 0.3 is 0 Å². The van der Waals surface area contributed by atoms with Crippen LogP contribution >= 0.6 is 35.0 Å². The van der Waals surface area contributed by atoms with E-state index in [-0.39, 0.29) is 11.0 Å². The van der Waals surface area contributed by atoms with Crippen LogP contribution in [0, 0.1) is 0 Å². The van der Waals surface area contributed by atoms with Gasteiger partial charge in [-0.05, 0) is 30.7 Å². The number of benzene rings is 2. The van der Waals surface area contributed by atoms with Crippen molar-refractivity contribution >= 4 is 40.7 Å². The summed E-state index contributed by atoms with van der Waals surface area (Å²) in [6.45, 7) is 5.88. The first-order chi connectivity index (χ1) is 13.0. The zero-order valence-electron chi connectivity index (χ0n) is 14.6. The van der Waals surface area contributed by atoms with E-state index in [1.165, 1.54) is 11.8 Å². The highest BCUT2D eigenvalue weighted by molar-refractivity contribution is 8.00. The molecule has 1 atom stereocenters. The van der Waals surface area contributed by atoms with Crippen molar-refractivity contribution in [3.63, 3.8) is 0 Å². The zero-order chi connectivity index (χ0) is 19.4. The summed E-state index contributed by atoms with van der Waals surface area (Å²) in [5.74, 6) is 0.653. The third-order valence-electron chi connectivity index (χ3n) is 3.90. The van der Waals surface area contributed by atoms with Crippen LogP contribution in [0.5, 0.6) is 0 Å². The van der Waals surface area contributed by atoms with Gasteiger partial charge in [-0.15, -0.1) is 16.8 Å². The van der Waals surface area contributed by atoms with E-state index in [1.807, 2.05) is 41.0 Å². The van der Waals surface area contributed by atoms with Crippen molar-refractivity contribution in [2.24, 2.45) is 0 Å². The van der Waals surface area contributed by atoms with Crippen LogP contribution in [0.1, 0.15) is 17.7 Å². The summed E-state index contributed by atoms with van der Waals surface area (Å²) in [7, 11) is 0. The summed E-state index contributed by atoms with van der Waals surface area (Å²) in [5.41, 5.74) is 1.65. The van der Waals surface area contributed by atoms with Gasteiger partial charge in [-0.1, -0.05) is 71.4 Å². The molecule has 0 amide bonds. The standard InChI is InChI=1S/C20H17Cl2N3OS/c1-3-11-25-19(16-10-9-15(21)12-17(16)22)23-24-20(25)27-18(13(2)26)14-7-5-4-6-8-14/h3-10,12,18H,1,11H2,2H3/t18-/m1/s1. The third kappa shape index (κ3) is 4.43. The maximum atomic E-state index is 12.3. The van der Waals surface area contributed by atoms with Gasteiger partial charge in [0, 0.05) is 17.1 Å². The number of hydrogen-bond donors (Lipinski definition) is 0. The Morgan fingerprint density at radius 2 is 1.96 bits per heavy atom. The van der Waals surface area contributed by atoms with Crippen LogP contribution in [0.15, 0.2) is 66.3 Å². The van der Waals surface area contributed by atoms with E-state index in [2.05, 4.69) is 16.8 Å². The van der Waals surface area contributed by atoms with Gasteiger partial charge in [-0.2, -0.15) is 0 Å². The second kappa shape index (κ2) is 8.74. The molecule has 27 heavy (non-hydrogen) atoms. The fraction of sp³-hybridized carbons (Fsp3) is 0.150. The Morgan fingerprint density at radius 1 is 1.22 bits per heavy atom. The molecule has 0 saturated heterocycles. The van der Waals surface area contributed by atoms with Gasteiger partial charge in [0.15, 0.2) is 11.0 Å². The van der Waals surface area contributed by atoms with Crippen molar-refractivity contribution in [3.05, 3.63) is 76.8 Å². The summed E-state index contributed by atoms with van der Waals surface area (Å²) in [6, 6.07) is 14.9. The SMILES string of the molecule is C=CCn1c(S[C@H](C(C)=O)c2ccccc2)nnc1-c1ccc(Cl)cc1Cl. The number of halogens is 2. The molecule has 0 aliphatic heterocycles. The fourth-order valence-corrected chi connectivity index (χ4v) is 4.20. The Kier molecular flexibility index (Phi) is 6.37. The van der Waals surface area contributed by atoms with E-state index in [4.69, 9.17) is 23.2 Å². The molecule has 0 saturated carbocycles. The lowest BCUT2D eigenvalue weighted by molar-refractivity contribution is -0.116. The first-order valence-corrected chi connectivity index (χ1v) is 9.86. The number of Topliss-reactive ketones (excluding diaryl/α,β-unsaturated/α-hetero) is 1. The summed E-state index contributed by atoms with van der Waals surface area (Å²) >= 11 is 13.7. The van der Waals surface area contributed by atoms with Crippen molar-refractivity contribution in [1.82, 2.24) is 14.8 Å². The van der Waals surface area contributed by atoms with Crippen LogP contribution in [0.2, 0.25) is 10.0 Å². The minimum Gasteiger partial charge on any atom is -0.298 e. The molecule has 1 aromatic heterocycles. The number of carbonyl (C=O) groups excluding carboxylic acids is 1. The van der Waals surface area contributed by atoms with Gasteiger partial charge < -0.3 is 0 Å². The Hall–Kier alpha value is -2.08. The van der Waals surface area contributed by atoms with E-state index in [9.17, 15) is 4.79 Å². The summed E-state index contributed by atoms with van der Waals surface area (Å²) in [4.78, 5) is 12.3.